The molecular formula is C14H18F3N3O3. The van der Waals surface area contributed by atoms with Crippen molar-refractivity contribution in [2.45, 2.75) is 12.3 Å². The van der Waals surface area contributed by atoms with Crippen molar-refractivity contribution in [3.8, 4) is 5.88 Å². The van der Waals surface area contributed by atoms with Crippen LogP contribution < -0.4 is 10.1 Å². The average molecular weight is 333 g/mol. The second-order valence-corrected chi connectivity index (χ2v) is 5.25. The molecule has 23 heavy (non-hydrogen) atoms. The molecule has 6 nitrogen and oxygen atoms in total. The summed E-state index contributed by atoms with van der Waals surface area (Å²) in [4.78, 5) is 17.7. The van der Waals surface area contributed by atoms with E-state index in [1.54, 1.807) is 0 Å². The molecule has 1 aromatic heterocycles. The maximum absolute atomic E-state index is 12.0. The van der Waals surface area contributed by atoms with Crippen LogP contribution in [0.3, 0.4) is 0 Å². The molecular weight excluding hydrogens is 315 g/mol. The van der Waals surface area contributed by atoms with Gasteiger partial charge in [-0.25, -0.2) is 4.98 Å². The highest BCUT2D eigenvalue weighted by molar-refractivity contribution is 5.93. The molecule has 1 atom stereocenters. The van der Waals surface area contributed by atoms with Crippen molar-refractivity contribution in [2.75, 3.05) is 39.9 Å². The van der Waals surface area contributed by atoms with Crippen molar-refractivity contribution in [1.82, 2.24) is 15.2 Å². The molecule has 0 radical (unpaired) electrons. The Morgan fingerprint density at radius 1 is 1.52 bits per heavy atom. The minimum absolute atomic E-state index is 0.0833. The van der Waals surface area contributed by atoms with Crippen molar-refractivity contribution < 1.29 is 27.4 Å². The molecule has 2 rings (SSSR count). The molecule has 0 aliphatic carbocycles. The first kappa shape index (κ1) is 17.5. The third-order valence-electron chi connectivity index (χ3n) is 3.21. The number of carbonyl (C=O) groups excluding carboxylic acids is 1. The predicted octanol–water partition coefficient (Wildman–Crippen LogP) is 1.08. The molecule has 0 saturated carbocycles. The summed E-state index contributed by atoms with van der Waals surface area (Å²) in [5, 5.41) is 2.71. The summed E-state index contributed by atoms with van der Waals surface area (Å²) in [6, 6.07) is 2.59. The van der Waals surface area contributed by atoms with E-state index in [0.717, 1.165) is 13.1 Å². The topological polar surface area (TPSA) is 63.7 Å². The Balaban J connectivity index is 1.80. The van der Waals surface area contributed by atoms with Crippen LogP contribution in [0, 0.1) is 0 Å². The number of rotatable bonds is 5. The lowest BCUT2D eigenvalue weighted by atomic mass is 10.2. The van der Waals surface area contributed by atoms with E-state index in [2.05, 4.69) is 19.9 Å². The zero-order chi connectivity index (χ0) is 16.9. The molecule has 1 aliphatic rings. The molecule has 0 bridgehead atoms. The Kier molecular flexibility index (Phi) is 5.78. The van der Waals surface area contributed by atoms with E-state index in [0.29, 0.717) is 13.2 Å². The molecule has 1 aliphatic heterocycles. The van der Waals surface area contributed by atoms with Gasteiger partial charge in [0.05, 0.1) is 18.3 Å². The highest BCUT2D eigenvalue weighted by Crippen LogP contribution is 2.17. The van der Waals surface area contributed by atoms with Crippen molar-refractivity contribution in [3.05, 3.63) is 23.9 Å². The standard InChI is InChI=1S/C14H18F3N3O3/c1-20-4-5-22-11(8-20)7-19-13(21)10-2-3-12(18-6-10)23-9-14(15,16)17/h2-3,6,11H,4-5,7-9H2,1H3,(H,19,21)/t11-/m0/s1. The van der Waals surface area contributed by atoms with E-state index < -0.39 is 12.8 Å². The number of hydrogen-bond acceptors (Lipinski definition) is 5. The molecule has 1 saturated heterocycles. The van der Waals surface area contributed by atoms with Gasteiger partial charge in [-0.15, -0.1) is 0 Å². The average Bonchev–Trinajstić information content (AvgIpc) is 2.50. The number of halogens is 3. The summed E-state index contributed by atoms with van der Waals surface area (Å²) < 4.78 is 46.1. The van der Waals surface area contributed by atoms with Crippen LogP contribution in [0.15, 0.2) is 18.3 Å². The SMILES string of the molecule is CN1CCO[C@@H](CNC(=O)c2ccc(OCC(F)(F)F)nc2)C1. The number of nitrogens with zero attached hydrogens (tertiary/aromatic N) is 2. The molecule has 0 unspecified atom stereocenters. The van der Waals surface area contributed by atoms with Crippen LogP contribution in [0.1, 0.15) is 10.4 Å². The Bertz CT molecular complexity index is 522. The van der Waals surface area contributed by atoms with E-state index in [1.807, 2.05) is 7.05 Å². The van der Waals surface area contributed by atoms with Crippen LogP contribution in [0.4, 0.5) is 13.2 Å². The number of nitrogens with one attached hydrogen (secondary N) is 1. The summed E-state index contributed by atoms with van der Waals surface area (Å²) in [5.74, 6) is -0.548. The number of pyridine rings is 1. The maximum atomic E-state index is 12.0. The van der Waals surface area contributed by atoms with E-state index in [9.17, 15) is 18.0 Å². The molecule has 9 heteroatoms. The Morgan fingerprint density at radius 3 is 2.91 bits per heavy atom. The summed E-state index contributed by atoms with van der Waals surface area (Å²) in [6.07, 6.45) is -3.33. The van der Waals surface area contributed by atoms with Gasteiger partial charge in [-0.2, -0.15) is 13.2 Å². The van der Waals surface area contributed by atoms with E-state index >= 15 is 0 Å². The van der Waals surface area contributed by atoms with Gasteiger partial charge in [-0.05, 0) is 13.1 Å². The van der Waals surface area contributed by atoms with Gasteiger partial charge in [0.25, 0.3) is 5.91 Å². The number of morpholine rings is 1. The predicted molar refractivity (Wildman–Crippen MR) is 75.4 cm³/mol. The third kappa shape index (κ3) is 6.03. The van der Waals surface area contributed by atoms with Gasteiger partial charge in [-0.3, -0.25) is 4.79 Å². The van der Waals surface area contributed by atoms with E-state index in [4.69, 9.17) is 4.74 Å². The van der Waals surface area contributed by atoms with E-state index in [-0.39, 0.29) is 23.5 Å². The van der Waals surface area contributed by atoms with Gasteiger partial charge in [0.2, 0.25) is 5.88 Å². The summed E-state index contributed by atoms with van der Waals surface area (Å²) in [6.45, 7) is 1.13. The Morgan fingerprint density at radius 2 is 2.30 bits per heavy atom. The molecule has 2 heterocycles. The maximum Gasteiger partial charge on any atom is 0.422 e. The van der Waals surface area contributed by atoms with Crippen molar-refractivity contribution in [1.29, 1.82) is 0 Å². The van der Waals surface area contributed by atoms with Gasteiger partial charge in [0.15, 0.2) is 6.61 Å². The fourth-order valence-electron chi connectivity index (χ4n) is 2.05. The molecule has 0 aromatic carbocycles. The molecule has 128 valence electrons. The first-order valence-electron chi connectivity index (χ1n) is 7.07. The number of likely N-dealkylation sites (N-methyl/N-ethyl adjacent to an activating group) is 1. The first-order valence-corrected chi connectivity index (χ1v) is 7.07. The monoisotopic (exact) mass is 333 g/mol. The smallest absolute Gasteiger partial charge is 0.422 e. The van der Waals surface area contributed by atoms with Crippen molar-refractivity contribution >= 4 is 5.91 Å². The number of aromatic nitrogens is 1. The second-order valence-electron chi connectivity index (χ2n) is 5.25. The van der Waals surface area contributed by atoms with Crippen molar-refractivity contribution in [2.24, 2.45) is 0 Å². The summed E-state index contributed by atoms with van der Waals surface area (Å²) >= 11 is 0. The quantitative estimate of drug-likeness (QED) is 0.874. The lowest BCUT2D eigenvalue weighted by molar-refractivity contribution is -0.154. The Labute approximate surface area is 131 Å². The summed E-state index contributed by atoms with van der Waals surface area (Å²) in [5.41, 5.74) is 0.244. The van der Waals surface area contributed by atoms with Gasteiger partial charge in [0, 0.05) is 31.9 Å². The molecule has 1 amide bonds. The second kappa shape index (κ2) is 7.60. The van der Waals surface area contributed by atoms with E-state index in [1.165, 1.54) is 18.3 Å². The first-order chi connectivity index (χ1) is 10.8. The highest BCUT2D eigenvalue weighted by Gasteiger charge is 2.28. The Hall–Kier alpha value is -1.87. The van der Waals surface area contributed by atoms with Gasteiger partial charge < -0.3 is 19.7 Å². The minimum Gasteiger partial charge on any atom is -0.468 e. The number of amides is 1. The third-order valence-corrected chi connectivity index (χ3v) is 3.21. The molecule has 1 aromatic rings. The number of carbonyl (C=O) groups is 1. The van der Waals surface area contributed by atoms with Crippen LogP contribution in [-0.4, -0.2) is 68.0 Å². The van der Waals surface area contributed by atoms with Crippen LogP contribution >= 0.6 is 0 Å². The fraction of sp³-hybridized carbons (Fsp3) is 0.571. The van der Waals surface area contributed by atoms with Crippen LogP contribution in [0.2, 0.25) is 0 Å². The zero-order valence-corrected chi connectivity index (χ0v) is 12.6. The summed E-state index contributed by atoms with van der Waals surface area (Å²) in [7, 11) is 1.97. The number of ether oxygens (including phenoxy) is 2. The molecule has 1 fully saturated rings. The van der Waals surface area contributed by atoms with Crippen molar-refractivity contribution in [3.63, 3.8) is 0 Å². The largest absolute Gasteiger partial charge is 0.468 e. The van der Waals surface area contributed by atoms with Gasteiger partial charge in [0.1, 0.15) is 0 Å². The van der Waals surface area contributed by atoms with Gasteiger partial charge >= 0.3 is 6.18 Å². The number of alkyl halides is 3. The molecule has 1 N–H and O–H groups in total. The van der Waals surface area contributed by atoms with Gasteiger partial charge in [-0.1, -0.05) is 0 Å². The normalized spacial score (nSPS) is 19.4. The van der Waals surface area contributed by atoms with Crippen LogP contribution in [0.25, 0.3) is 0 Å². The minimum atomic E-state index is -4.43. The van der Waals surface area contributed by atoms with Crippen LogP contribution in [0.5, 0.6) is 5.88 Å². The fourth-order valence-corrected chi connectivity index (χ4v) is 2.05. The zero-order valence-electron chi connectivity index (χ0n) is 12.6. The lowest BCUT2D eigenvalue weighted by Gasteiger charge is -2.30. The lowest BCUT2D eigenvalue weighted by Crippen LogP contribution is -2.45. The molecule has 0 spiro atoms. The highest BCUT2D eigenvalue weighted by atomic mass is 19.4. The van der Waals surface area contributed by atoms with Crippen LogP contribution in [-0.2, 0) is 4.74 Å². The number of hydrogen-bond donors (Lipinski definition) is 1.